The first-order chi connectivity index (χ1) is 12.2. The van der Waals surface area contributed by atoms with Crippen LogP contribution in [0.2, 0.25) is 0 Å². The molecule has 0 saturated carbocycles. The molecule has 1 aliphatic rings. The number of halogens is 1. The Kier molecular flexibility index (Phi) is 6.48. The molecule has 1 aromatic heterocycles. The number of likely N-dealkylation sites (tertiary alicyclic amines) is 1. The lowest BCUT2D eigenvalue weighted by atomic mass is 9.97. The van der Waals surface area contributed by atoms with Gasteiger partial charge in [-0.2, -0.15) is 0 Å². The van der Waals surface area contributed by atoms with Gasteiger partial charge in [0.2, 0.25) is 0 Å². The van der Waals surface area contributed by atoms with E-state index in [1.165, 1.54) is 12.8 Å². The standard InChI is InChI=1S/C20H27FN4/c1-24(16-20-22-10-5-11-23-20)14-17-6-4-12-25(15-17)13-9-18-7-2-3-8-19(18)21/h2-3,5,7-8,10-11,17H,4,6,9,12-16H2,1H3. The maximum atomic E-state index is 13.8. The Labute approximate surface area is 149 Å². The first kappa shape index (κ1) is 18.0. The van der Waals surface area contributed by atoms with Crippen LogP contribution < -0.4 is 0 Å². The highest BCUT2D eigenvalue weighted by Crippen LogP contribution is 2.18. The van der Waals surface area contributed by atoms with Crippen LogP contribution in [0.1, 0.15) is 24.2 Å². The van der Waals surface area contributed by atoms with Gasteiger partial charge in [0.1, 0.15) is 11.6 Å². The molecular weight excluding hydrogens is 315 g/mol. The Morgan fingerprint density at radius 1 is 1.20 bits per heavy atom. The molecule has 2 heterocycles. The first-order valence-corrected chi connectivity index (χ1v) is 9.11. The van der Waals surface area contributed by atoms with Crippen molar-refractivity contribution < 1.29 is 4.39 Å². The average molecular weight is 342 g/mol. The van der Waals surface area contributed by atoms with Gasteiger partial charge in [0.25, 0.3) is 0 Å². The van der Waals surface area contributed by atoms with Crippen molar-refractivity contribution in [3.63, 3.8) is 0 Å². The molecule has 0 N–H and O–H groups in total. The molecule has 0 bridgehead atoms. The SMILES string of the molecule is CN(Cc1ncccn1)CC1CCCN(CCc2ccccc2F)C1. The Morgan fingerprint density at radius 2 is 2.00 bits per heavy atom. The fraction of sp³-hybridized carbons (Fsp3) is 0.500. The molecule has 0 aliphatic carbocycles. The second-order valence-corrected chi connectivity index (χ2v) is 7.01. The van der Waals surface area contributed by atoms with Gasteiger partial charge in [0.15, 0.2) is 0 Å². The van der Waals surface area contributed by atoms with Crippen molar-refractivity contribution in [2.45, 2.75) is 25.8 Å². The summed E-state index contributed by atoms with van der Waals surface area (Å²) in [5.74, 6) is 1.44. The second-order valence-electron chi connectivity index (χ2n) is 7.01. The number of hydrogen-bond acceptors (Lipinski definition) is 4. The zero-order valence-electron chi connectivity index (χ0n) is 14.9. The molecular formula is C20H27FN4. The van der Waals surface area contributed by atoms with Crippen molar-refractivity contribution in [1.29, 1.82) is 0 Å². The molecule has 1 fully saturated rings. The largest absolute Gasteiger partial charge is 0.303 e. The number of rotatable bonds is 7. The van der Waals surface area contributed by atoms with E-state index in [1.54, 1.807) is 24.5 Å². The highest BCUT2D eigenvalue weighted by Gasteiger charge is 2.21. The molecule has 1 aromatic carbocycles. The van der Waals surface area contributed by atoms with Crippen LogP contribution in [-0.2, 0) is 13.0 Å². The summed E-state index contributed by atoms with van der Waals surface area (Å²) in [6.07, 6.45) is 6.85. The lowest BCUT2D eigenvalue weighted by Gasteiger charge is -2.34. The molecule has 3 rings (SSSR count). The molecule has 1 atom stereocenters. The van der Waals surface area contributed by atoms with Crippen molar-refractivity contribution in [1.82, 2.24) is 19.8 Å². The normalized spacial score (nSPS) is 18.6. The van der Waals surface area contributed by atoms with Gasteiger partial charge in [0.05, 0.1) is 6.54 Å². The van der Waals surface area contributed by atoms with E-state index < -0.39 is 0 Å². The van der Waals surface area contributed by atoms with E-state index in [0.29, 0.717) is 5.92 Å². The van der Waals surface area contributed by atoms with Crippen molar-refractivity contribution in [2.75, 3.05) is 33.2 Å². The minimum atomic E-state index is -0.0846. The monoisotopic (exact) mass is 342 g/mol. The van der Waals surface area contributed by atoms with Gasteiger partial charge >= 0.3 is 0 Å². The van der Waals surface area contributed by atoms with E-state index in [4.69, 9.17) is 0 Å². The quantitative estimate of drug-likeness (QED) is 0.774. The van der Waals surface area contributed by atoms with Gasteiger partial charge in [-0.15, -0.1) is 0 Å². The zero-order chi connectivity index (χ0) is 17.5. The molecule has 1 aliphatic heterocycles. The van der Waals surface area contributed by atoms with E-state index in [-0.39, 0.29) is 5.82 Å². The van der Waals surface area contributed by atoms with E-state index in [2.05, 4.69) is 26.8 Å². The molecule has 25 heavy (non-hydrogen) atoms. The Bertz CT molecular complexity index is 649. The summed E-state index contributed by atoms with van der Waals surface area (Å²) in [6, 6.07) is 8.96. The molecule has 1 saturated heterocycles. The Hall–Kier alpha value is -1.85. The van der Waals surface area contributed by atoms with Crippen LogP contribution in [0.15, 0.2) is 42.7 Å². The molecule has 1 unspecified atom stereocenters. The highest BCUT2D eigenvalue weighted by atomic mass is 19.1. The number of aromatic nitrogens is 2. The summed E-state index contributed by atoms with van der Waals surface area (Å²) >= 11 is 0. The Morgan fingerprint density at radius 3 is 2.80 bits per heavy atom. The number of benzene rings is 1. The lowest BCUT2D eigenvalue weighted by Crippen LogP contribution is -2.41. The van der Waals surface area contributed by atoms with E-state index in [1.807, 2.05) is 18.2 Å². The second kappa shape index (κ2) is 9.02. The van der Waals surface area contributed by atoms with Crippen molar-refractivity contribution in [3.05, 3.63) is 59.9 Å². The molecule has 5 heteroatoms. The van der Waals surface area contributed by atoms with Gasteiger partial charge in [-0.1, -0.05) is 18.2 Å². The first-order valence-electron chi connectivity index (χ1n) is 9.11. The third-order valence-electron chi connectivity index (χ3n) is 4.86. The van der Waals surface area contributed by atoms with Gasteiger partial charge in [-0.05, 0) is 56.5 Å². The minimum Gasteiger partial charge on any atom is -0.303 e. The third kappa shape index (κ3) is 5.58. The number of piperidine rings is 1. The fourth-order valence-electron chi connectivity index (χ4n) is 3.64. The van der Waals surface area contributed by atoms with Gasteiger partial charge in [-0.3, -0.25) is 4.90 Å². The highest BCUT2D eigenvalue weighted by molar-refractivity contribution is 5.17. The minimum absolute atomic E-state index is 0.0846. The van der Waals surface area contributed by atoms with E-state index >= 15 is 0 Å². The van der Waals surface area contributed by atoms with Crippen molar-refractivity contribution in [3.8, 4) is 0 Å². The van der Waals surface area contributed by atoms with Crippen molar-refractivity contribution >= 4 is 0 Å². The molecule has 0 amide bonds. The number of nitrogens with zero attached hydrogens (tertiary/aromatic N) is 4. The summed E-state index contributed by atoms with van der Waals surface area (Å²) in [4.78, 5) is 13.4. The van der Waals surface area contributed by atoms with Crippen molar-refractivity contribution in [2.24, 2.45) is 5.92 Å². The van der Waals surface area contributed by atoms with Crippen LogP contribution in [0.4, 0.5) is 4.39 Å². The van der Waals surface area contributed by atoms with Crippen LogP contribution in [0.3, 0.4) is 0 Å². The summed E-state index contributed by atoms with van der Waals surface area (Å²) < 4.78 is 13.8. The van der Waals surface area contributed by atoms with E-state index in [9.17, 15) is 4.39 Å². The summed E-state index contributed by atoms with van der Waals surface area (Å²) in [6.45, 7) is 4.98. The predicted molar refractivity (Wildman–Crippen MR) is 97.6 cm³/mol. The number of hydrogen-bond donors (Lipinski definition) is 0. The topological polar surface area (TPSA) is 32.3 Å². The molecule has 0 spiro atoms. The van der Waals surface area contributed by atoms with Gasteiger partial charge in [-0.25, -0.2) is 14.4 Å². The van der Waals surface area contributed by atoms with Crippen LogP contribution in [-0.4, -0.2) is 53.0 Å². The summed E-state index contributed by atoms with van der Waals surface area (Å²) in [5.41, 5.74) is 0.822. The molecule has 134 valence electrons. The van der Waals surface area contributed by atoms with E-state index in [0.717, 1.165) is 50.5 Å². The lowest BCUT2D eigenvalue weighted by molar-refractivity contribution is 0.141. The van der Waals surface area contributed by atoms with Crippen LogP contribution >= 0.6 is 0 Å². The molecule has 0 radical (unpaired) electrons. The Balaban J connectivity index is 1.45. The fourth-order valence-corrected chi connectivity index (χ4v) is 3.64. The summed E-state index contributed by atoms with van der Waals surface area (Å²) in [7, 11) is 2.13. The molecule has 4 nitrogen and oxygen atoms in total. The molecule has 2 aromatic rings. The average Bonchev–Trinajstić information content (AvgIpc) is 2.62. The maximum Gasteiger partial charge on any atom is 0.142 e. The van der Waals surface area contributed by atoms with Gasteiger partial charge < -0.3 is 4.90 Å². The zero-order valence-corrected chi connectivity index (χ0v) is 14.9. The van der Waals surface area contributed by atoms with Crippen LogP contribution in [0.25, 0.3) is 0 Å². The van der Waals surface area contributed by atoms with Gasteiger partial charge in [0, 0.05) is 32.0 Å². The predicted octanol–water partition coefficient (Wildman–Crippen LogP) is 3.00. The maximum absolute atomic E-state index is 13.8. The van der Waals surface area contributed by atoms with Crippen LogP contribution in [0.5, 0.6) is 0 Å². The third-order valence-corrected chi connectivity index (χ3v) is 4.86. The van der Waals surface area contributed by atoms with Crippen LogP contribution in [0, 0.1) is 11.7 Å². The summed E-state index contributed by atoms with van der Waals surface area (Å²) in [5, 5.41) is 0. The smallest absolute Gasteiger partial charge is 0.142 e.